The summed E-state index contributed by atoms with van der Waals surface area (Å²) in [7, 11) is 1.78. The van der Waals surface area contributed by atoms with Crippen LogP contribution in [-0.4, -0.2) is 24.0 Å². The van der Waals surface area contributed by atoms with Gasteiger partial charge in [0, 0.05) is 13.0 Å². The number of carbonyl (C=O) groups is 1. The number of ether oxygens (including phenoxy) is 1. The number of hydrogen-bond donors (Lipinski definition) is 0. The Hall–Kier alpha value is -1.10. The molecule has 3 rings (SSSR count). The van der Waals surface area contributed by atoms with Crippen molar-refractivity contribution < 1.29 is 9.53 Å². The van der Waals surface area contributed by atoms with Gasteiger partial charge in [0.15, 0.2) is 17.7 Å². The van der Waals surface area contributed by atoms with E-state index in [1.165, 1.54) is 19.3 Å². The lowest BCUT2D eigenvalue weighted by Crippen LogP contribution is -2.48. The van der Waals surface area contributed by atoms with E-state index < -0.39 is 0 Å². The lowest BCUT2D eigenvalue weighted by molar-refractivity contribution is -0.129. The number of halogens is 1. The number of anilines is 1. The van der Waals surface area contributed by atoms with E-state index in [0.717, 1.165) is 12.8 Å². The molecule has 2 aliphatic rings. The largest absolute Gasteiger partial charge is 0.476 e. The average Bonchev–Trinajstić information content (AvgIpc) is 2.44. The Labute approximate surface area is 121 Å². The molecule has 0 N–H and O–H groups in total. The summed E-state index contributed by atoms with van der Waals surface area (Å²) in [5, 5.41) is 0. The minimum atomic E-state index is -0.333. The van der Waals surface area contributed by atoms with Crippen LogP contribution in [0.5, 0.6) is 5.75 Å². The average molecular weight is 325 g/mol. The fourth-order valence-corrected chi connectivity index (χ4v) is 3.26. The molecule has 4 nitrogen and oxygen atoms in total. The Kier molecular flexibility index (Phi) is 3.48. The second kappa shape index (κ2) is 5.12. The predicted octanol–water partition coefficient (Wildman–Crippen LogP) is 3.15. The summed E-state index contributed by atoms with van der Waals surface area (Å²) in [6, 6.07) is 3.73. The van der Waals surface area contributed by atoms with E-state index in [4.69, 9.17) is 4.74 Å². The van der Waals surface area contributed by atoms with Crippen LogP contribution in [0.4, 0.5) is 5.82 Å². The molecule has 0 aromatic carbocycles. The summed E-state index contributed by atoms with van der Waals surface area (Å²) in [6.07, 6.45) is 5.52. The summed E-state index contributed by atoms with van der Waals surface area (Å²) >= 11 is 3.32. The molecule has 5 heteroatoms. The number of nitrogens with zero attached hydrogens (tertiary/aromatic N) is 2. The minimum Gasteiger partial charge on any atom is -0.476 e. The maximum absolute atomic E-state index is 12.4. The lowest BCUT2D eigenvalue weighted by atomic mass is 9.84. The van der Waals surface area contributed by atoms with Gasteiger partial charge in [-0.25, -0.2) is 4.98 Å². The van der Waals surface area contributed by atoms with Gasteiger partial charge in [-0.2, -0.15) is 0 Å². The Morgan fingerprint density at radius 3 is 2.79 bits per heavy atom. The van der Waals surface area contributed by atoms with Crippen LogP contribution in [-0.2, 0) is 4.79 Å². The summed E-state index contributed by atoms with van der Waals surface area (Å²) in [5.74, 6) is 1.69. The molecule has 1 aliphatic carbocycles. The van der Waals surface area contributed by atoms with Crippen molar-refractivity contribution >= 4 is 27.7 Å². The lowest BCUT2D eigenvalue weighted by Gasteiger charge is -2.36. The molecule has 1 aliphatic heterocycles. The van der Waals surface area contributed by atoms with Crippen LogP contribution < -0.4 is 9.64 Å². The molecule has 1 unspecified atom stereocenters. The third kappa shape index (κ3) is 2.36. The van der Waals surface area contributed by atoms with Crippen molar-refractivity contribution in [3.8, 4) is 5.75 Å². The Balaban J connectivity index is 1.89. The number of likely N-dealkylation sites (N-methyl/N-ethyl adjacent to an activating group) is 1. The first-order chi connectivity index (χ1) is 9.16. The summed E-state index contributed by atoms with van der Waals surface area (Å²) in [4.78, 5) is 18.4. The van der Waals surface area contributed by atoms with Gasteiger partial charge in [0.05, 0.1) is 0 Å². The minimum absolute atomic E-state index is 0.0324. The van der Waals surface area contributed by atoms with Crippen molar-refractivity contribution in [1.29, 1.82) is 0 Å². The Morgan fingerprint density at radius 2 is 2.05 bits per heavy atom. The van der Waals surface area contributed by atoms with Crippen LogP contribution in [0.3, 0.4) is 0 Å². The van der Waals surface area contributed by atoms with Crippen molar-refractivity contribution in [3.05, 3.63) is 16.7 Å². The van der Waals surface area contributed by atoms with E-state index in [9.17, 15) is 4.79 Å². The molecule has 1 amide bonds. The molecule has 1 aromatic rings. The zero-order valence-electron chi connectivity index (χ0n) is 10.9. The highest BCUT2D eigenvalue weighted by Crippen LogP contribution is 2.37. The van der Waals surface area contributed by atoms with Crippen LogP contribution >= 0.6 is 15.9 Å². The maximum atomic E-state index is 12.4. The number of rotatable bonds is 1. The Bertz CT molecular complexity index is 500. The smallest absolute Gasteiger partial charge is 0.269 e. The van der Waals surface area contributed by atoms with Crippen molar-refractivity contribution in [2.24, 2.45) is 5.92 Å². The first-order valence-electron chi connectivity index (χ1n) is 6.77. The second-order valence-corrected chi connectivity index (χ2v) is 6.10. The van der Waals surface area contributed by atoms with Gasteiger partial charge in [-0.3, -0.25) is 9.69 Å². The van der Waals surface area contributed by atoms with E-state index in [1.54, 1.807) is 11.9 Å². The summed E-state index contributed by atoms with van der Waals surface area (Å²) < 4.78 is 6.65. The van der Waals surface area contributed by atoms with E-state index in [1.807, 2.05) is 12.1 Å². The predicted molar refractivity (Wildman–Crippen MR) is 76.3 cm³/mol. The fourth-order valence-electron chi connectivity index (χ4n) is 2.96. The Morgan fingerprint density at radius 1 is 1.32 bits per heavy atom. The number of amides is 1. The molecular formula is C14H17BrN2O2. The highest BCUT2D eigenvalue weighted by Gasteiger charge is 2.38. The maximum Gasteiger partial charge on any atom is 0.269 e. The van der Waals surface area contributed by atoms with Gasteiger partial charge in [-0.05, 0) is 40.9 Å². The highest BCUT2D eigenvalue weighted by molar-refractivity contribution is 9.10. The number of pyridine rings is 1. The summed E-state index contributed by atoms with van der Waals surface area (Å²) in [5.41, 5.74) is 0. The van der Waals surface area contributed by atoms with E-state index >= 15 is 0 Å². The number of fused-ring (bicyclic) bond motifs is 1. The second-order valence-electron chi connectivity index (χ2n) is 5.29. The standard InChI is InChI=1S/C14H17BrN2O2/c1-17-13-10(7-8-11(15)16-13)19-12(14(17)18)9-5-3-2-4-6-9/h7-9,12H,2-6H2,1H3. The monoisotopic (exact) mass is 324 g/mol. The van der Waals surface area contributed by atoms with Crippen LogP contribution in [0.1, 0.15) is 32.1 Å². The fraction of sp³-hybridized carbons (Fsp3) is 0.571. The number of carbonyl (C=O) groups excluding carboxylic acids is 1. The molecule has 0 radical (unpaired) electrons. The van der Waals surface area contributed by atoms with Crippen molar-refractivity contribution in [3.63, 3.8) is 0 Å². The van der Waals surface area contributed by atoms with Gasteiger partial charge in [-0.1, -0.05) is 19.3 Å². The molecule has 1 saturated carbocycles. The third-order valence-electron chi connectivity index (χ3n) is 4.03. The van der Waals surface area contributed by atoms with E-state index in [2.05, 4.69) is 20.9 Å². The van der Waals surface area contributed by atoms with E-state index in [0.29, 0.717) is 22.1 Å². The quantitative estimate of drug-likeness (QED) is 0.745. The molecule has 2 heterocycles. The number of aromatic nitrogens is 1. The van der Waals surface area contributed by atoms with E-state index in [-0.39, 0.29) is 12.0 Å². The van der Waals surface area contributed by atoms with Crippen molar-refractivity contribution in [2.75, 3.05) is 11.9 Å². The molecule has 1 fully saturated rings. The molecule has 1 atom stereocenters. The zero-order chi connectivity index (χ0) is 13.4. The number of hydrogen-bond acceptors (Lipinski definition) is 3. The van der Waals surface area contributed by atoms with Crippen LogP contribution in [0.15, 0.2) is 16.7 Å². The van der Waals surface area contributed by atoms with Gasteiger partial charge in [-0.15, -0.1) is 0 Å². The molecule has 0 spiro atoms. The van der Waals surface area contributed by atoms with Gasteiger partial charge in [0.25, 0.3) is 5.91 Å². The van der Waals surface area contributed by atoms with Gasteiger partial charge < -0.3 is 4.74 Å². The highest BCUT2D eigenvalue weighted by atomic mass is 79.9. The summed E-state index contributed by atoms with van der Waals surface area (Å²) in [6.45, 7) is 0. The first-order valence-corrected chi connectivity index (χ1v) is 7.57. The van der Waals surface area contributed by atoms with Crippen molar-refractivity contribution in [2.45, 2.75) is 38.2 Å². The molecule has 0 bridgehead atoms. The van der Waals surface area contributed by atoms with Gasteiger partial charge in [0.2, 0.25) is 0 Å². The first kappa shape index (κ1) is 12.9. The molecular weight excluding hydrogens is 308 g/mol. The molecule has 0 saturated heterocycles. The SMILES string of the molecule is CN1C(=O)C(C2CCCCC2)Oc2ccc(Br)nc21. The van der Waals surface area contributed by atoms with Crippen LogP contribution in [0.25, 0.3) is 0 Å². The van der Waals surface area contributed by atoms with Gasteiger partial charge in [0.1, 0.15) is 4.60 Å². The van der Waals surface area contributed by atoms with Crippen molar-refractivity contribution in [1.82, 2.24) is 4.98 Å². The molecule has 1 aromatic heterocycles. The molecule has 102 valence electrons. The van der Waals surface area contributed by atoms with Crippen LogP contribution in [0, 0.1) is 5.92 Å². The zero-order valence-corrected chi connectivity index (χ0v) is 12.5. The molecule has 19 heavy (non-hydrogen) atoms. The van der Waals surface area contributed by atoms with Crippen LogP contribution in [0.2, 0.25) is 0 Å². The van der Waals surface area contributed by atoms with Gasteiger partial charge >= 0.3 is 0 Å². The third-order valence-corrected chi connectivity index (χ3v) is 4.47. The normalized spacial score (nSPS) is 24.0. The topological polar surface area (TPSA) is 42.4 Å².